The third-order valence-corrected chi connectivity index (χ3v) is 4.70. The van der Waals surface area contributed by atoms with Crippen LogP contribution in [0.15, 0.2) is 23.3 Å². The fourth-order valence-corrected chi connectivity index (χ4v) is 3.20. The van der Waals surface area contributed by atoms with Crippen molar-refractivity contribution >= 4 is 47.6 Å². The van der Waals surface area contributed by atoms with Crippen molar-refractivity contribution in [1.82, 2.24) is 20.5 Å². The number of guanidine groups is 1. The van der Waals surface area contributed by atoms with E-state index in [9.17, 15) is 4.79 Å². The first-order valence-corrected chi connectivity index (χ1v) is 10.2. The van der Waals surface area contributed by atoms with E-state index in [2.05, 4.69) is 20.6 Å². The molecular formula is C20H33ClIN5O2. The van der Waals surface area contributed by atoms with Gasteiger partial charge in [-0.1, -0.05) is 17.7 Å². The normalized spacial score (nSPS) is 17.3. The maximum atomic E-state index is 12.5. The Kier molecular flexibility index (Phi) is 11.0. The molecule has 0 saturated carbocycles. The number of pyridine rings is 1. The van der Waals surface area contributed by atoms with E-state index in [1.54, 1.807) is 19.3 Å². The minimum absolute atomic E-state index is 0. The summed E-state index contributed by atoms with van der Waals surface area (Å²) in [5.74, 6) is 0.719. The quantitative estimate of drug-likeness (QED) is 0.258. The molecule has 1 aromatic rings. The van der Waals surface area contributed by atoms with Gasteiger partial charge < -0.3 is 20.3 Å². The monoisotopic (exact) mass is 537 g/mol. The molecule has 0 aromatic carbocycles. The van der Waals surface area contributed by atoms with Gasteiger partial charge >= 0.3 is 6.09 Å². The Morgan fingerprint density at radius 2 is 2.10 bits per heavy atom. The molecule has 9 heteroatoms. The van der Waals surface area contributed by atoms with E-state index >= 15 is 0 Å². The number of carbonyl (C=O) groups excluding carboxylic acids is 1. The molecule has 164 valence electrons. The Bertz CT molecular complexity index is 664. The topological polar surface area (TPSA) is 78.9 Å². The molecule has 0 radical (unpaired) electrons. The Balaban J connectivity index is 0.00000420. The molecule has 1 aromatic heterocycles. The molecular weight excluding hydrogens is 505 g/mol. The average molecular weight is 538 g/mol. The predicted octanol–water partition coefficient (Wildman–Crippen LogP) is 3.85. The van der Waals surface area contributed by atoms with E-state index in [0.717, 1.165) is 50.3 Å². The number of rotatable bonds is 5. The van der Waals surface area contributed by atoms with Crippen LogP contribution in [0, 0.1) is 0 Å². The van der Waals surface area contributed by atoms with E-state index in [4.69, 9.17) is 16.3 Å². The summed E-state index contributed by atoms with van der Waals surface area (Å²) in [7, 11) is 1.74. The number of hydrogen-bond acceptors (Lipinski definition) is 4. The number of piperidine rings is 1. The van der Waals surface area contributed by atoms with E-state index in [1.165, 1.54) is 0 Å². The van der Waals surface area contributed by atoms with Gasteiger partial charge in [0.25, 0.3) is 0 Å². The van der Waals surface area contributed by atoms with Crippen molar-refractivity contribution in [2.45, 2.75) is 58.1 Å². The molecule has 29 heavy (non-hydrogen) atoms. The highest BCUT2D eigenvalue weighted by Gasteiger charge is 2.30. The van der Waals surface area contributed by atoms with Gasteiger partial charge in [0.15, 0.2) is 5.96 Å². The standard InChI is InChI=1S/C20H32ClN5O2.HI/c1-20(2,3)28-19(27)26-12-6-5-7-16(26)14-25-18(22-4)23-11-10-15-8-9-17(21)24-13-15;/h8-9,13,16H,5-7,10-12,14H2,1-4H3,(H2,22,23,25);1H. The smallest absolute Gasteiger partial charge is 0.410 e. The van der Waals surface area contributed by atoms with Gasteiger partial charge in [0.1, 0.15) is 10.8 Å². The van der Waals surface area contributed by atoms with E-state index in [0.29, 0.717) is 11.7 Å². The summed E-state index contributed by atoms with van der Waals surface area (Å²) in [6.07, 6.45) is 5.44. The zero-order valence-electron chi connectivity index (χ0n) is 17.7. The van der Waals surface area contributed by atoms with Gasteiger partial charge in [-0.3, -0.25) is 4.99 Å². The van der Waals surface area contributed by atoms with Gasteiger partial charge in [-0.25, -0.2) is 9.78 Å². The number of amides is 1. The van der Waals surface area contributed by atoms with Crippen LogP contribution in [0.1, 0.15) is 45.6 Å². The first kappa shape index (κ1) is 25.7. The molecule has 7 nitrogen and oxygen atoms in total. The van der Waals surface area contributed by atoms with E-state index in [-0.39, 0.29) is 36.1 Å². The summed E-state index contributed by atoms with van der Waals surface area (Å²) in [4.78, 5) is 22.7. The summed E-state index contributed by atoms with van der Waals surface area (Å²) in [6, 6.07) is 3.86. The Hall–Kier alpha value is -1.29. The number of nitrogens with zero attached hydrogens (tertiary/aromatic N) is 3. The van der Waals surface area contributed by atoms with Crippen molar-refractivity contribution < 1.29 is 9.53 Å². The number of likely N-dealkylation sites (tertiary alicyclic amines) is 1. The predicted molar refractivity (Wildman–Crippen MR) is 128 cm³/mol. The van der Waals surface area contributed by atoms with Crippen molar-refractivity contribution in [3.63, 3.8) is 0 Å². The molecule has 0 spiro atoms. The highest BCUT2D eigenvalue weighted by molar-refractivity contribution is 14.0. The fourth-order valence-electron chi connectivity index (χ4n) is 3.09. The largest absolute Gasteiger partial charge is 0.444 e. The molecule has 1 atom stereocenters. The zero-order valence-corrected chi connectivity index (χ0v) is 20.8. The second kappa shape index (κ2) is 12.4. The third-order valence-electron chi connectivity index (χ3n) is 4.48. The third kappa shape index (κ3) is 9.37. The number of aromatic nitrogens is 1. The summed E-state index contributed by atoms with van der Waals surface area (Å²) in [5.41, 5.74) is 0.622. The van der Waals surface area contributed by atoms with Gasteiger partial charge in [-0.2, -0.15) is 0 Å². The number of aliphatic imine (C=N–C) groups is 1. The lowest BCUT2D eigenvalue weighted by Gasteiger charge is -2.37. The first-order chi connectivity index (χ1) is 13.3. The SMILES string of the molecule is CN=C(NCCc1ccc(Cl)nc1)NCC1CCCCN1C(=O)OC(C)(C)C.I. The van der Waals surface area contributed by atoms with Crippen LogP contribution in [0.4, 0.5) is 4.79 Å². The van der Waals surface area contributed by atoms with Crippen molar-refractivity contribution in [2.75, 3.05) is 26.7 Å². The maximum Gasteiger partial charge on any atom is 0.410 e. The number of nitrogens with one attached hydrogen (secondary N) is 2. The van der Waals surface area contributed by atoms with Crippen LogP contribution >= 0.6 is 35.6 Å². The summed E-state index contributed by atoms with van der Waals surface area (Å²) < 4.78 is 5.56. The lowest BCUT2D eigenvalue weighted by atomic mass is 10.0. The lowest BCUT2D eigenvalue weighted by molar-refractivity contribution is 0.0104. The second-order valence-corrected chi connectivity index (χ2v) is 8.33. The first-order valence-electron chi connectivity index (χ1n) is 9.83. The van der Waals surface area contributed by atoms with Crippen LogP contribution in [0.3, 0.4) is 0 Å². The van der Waals surface area contributed by atoms with E-state index in [1.807, 2.05) is 31.7 Å². The van der Waals surface area contributed by atoms with Crippen molar-refractivity contribution in [3.05, 3.63) is 29.0 Å². The molecule has 2 N–H and O–H groups in total. The minimum atomic E-state index is -0.485. The van der Waals surface area contributed by atoms with Crippen LogP contribution in [0.5, 0.6) is 0 Å². The second-order valence-electron chi connectivity index (χ2n) is 7.94. The molecule has 2 heterocycles. The molecule has 0 bridgehead atoms. The van der Waals surface area contributed by atoms with Crippen molar-refractivity contribution in [1.29, 1.82) is 0 Å². The molecule has 1 aliphatic rings. The Morgan fingerprint density at radius 1 is 1.34 bits per heavy atom. The Labute approximate surface area is 196 Å². The Morgan fingerprint density at radius 3 is 2.72 bits per heavy atom. The van der Waals surface area contributed by atoms with Crippen LogP contribution in [0.25, 0.3) is 0 Å². The van der Waals surface area contributed by atoms with Gasteiger partial charge in [0.05, 0.1) is 6.04 Å². The van der Waals surface area contributed by atoms with Gasteiger partial charge in [-0.15, -0.1) is 24.0 Å². The fraction of sp³-hybridized carbons (Fsp3) is 0.650. The van der Waals surface area contributed by atoms with Crippen LogP contribution < -0.4 is 10.6 Å². The average Bonchev–Trinajstić information content (AvgIpc) is 2.65. The number of halogens is 2. The minimum Gasteiger partial charge on any atom is -0.444 e. The van der Waals surface area contributed by atoms with Crippen LogP contribution in [0.2, 0.25) is 5.15 Å². The molecule has 1 fully saturated rings. The molecule has 1 saturated heterocycles. The summed E-state index contributed by atoms with van der Waals surface area (Å²) in [6.45, 7) is 7.78. The highest BCUT2D eigenvalue weighted by Crippen LogP contribution is 2.20. The van der Waals surface area contributed by atoms with Crippen molar-refractivity contribution in [3.8, 4) is 0 Å². The summed E-state index contributed by atoms with van der Waals surface area (Å²) in [5, 5.41) is 7.13. The molecule has 0 aliphatic carbocycles. The molecule has 1 aliphatic heterocycles. The number of carbonyl (C=O) groups is 1. The van der Waals surface area contributed by atoms with E-state index < -0.39 is 5.60 Å². The summed E-state index contributed by atoms with van der Waals surface area (Å²) >= 11 is 5.81. The van der Waals surface area contributed by atoms with Gasteiger partial charge in [0, 0.05) is 32.9 Å². The molecule has 2 rings (SSSR count). The maximum absolute atomic E-state index is 12.5. The molecule has 1 unspecified atom stereocenters. The van der Waals surface area contributed by atoms with Crippen molar-refractivity contribution in [2.24, 2.45) is 4.99 Å². The lowest BCUT2D eigenvalue weighted by Crippen LogP contribution is -2.52. The number of ether oxygens (including phenoxy) is 1. The number of hydrogen-bond donors (Lipinski definition) is 2. The van der Waals surface area contributed by atoms with Gasteiger partial charge in [-0.05, 0) is 58.1 Å². The molecule has 1 amide bonds. The van der Waals surface area contributed by atoms with Crippen LogP contribution in [-0.4, -0.2) is 60.3 Å². The highest BCUT2D eigenvalue weighted by atomic mass is 127. The zero-order chi connectivity index (χ0) is 20.6. The van der Waals surface area contributed by atoms with Gasteiger partial charge in [0.2, 0.25) is 0 Å². The van der Waals surface area contributed by atoms with Crippen LogP contribution in [-0.2, 0) is 11.2 Å².